The van der Waals surface area contributed by atoms with Crippen LogP contribution in [0.4, 0.5) is 0 Å². The smallest absolute Gasteiger partial charge is 0.295 e. The minimum atomic E-state index is -0.549. The molecule has 0 saturated carbocycles. The molecule has 0 bridgehead atoms. The third-order valence-electron chi connectivity index (χ3n) is 5.12. The number of hydrogen-bond donors (Lipinski definition) is 1. The summed E-state index contributed by atoms with van der Waals surface area (Å²) in [6, 6.07) is 10.5. The average Bonchev–Trinajstić information content (AvgIpc) is 3.17. The van der Waals surface area contributed by atoms with E-state index in [2.05, 4.69) is 9.97 Å². The van der Waals surface area contributed by atoms with Gasteiger partial charge in [-0.05, 0) is 25.1 Å². The Kier molecular flexibility index (Phi) is 4.65. The first-order valence-electron chi connectivity index (χ1n) is 9.17. The Morgan fingerprint density at radius 2 is 1.89 bits per heavy atom. The normalized spacial score (nSPS) is 17.0. The molecule has 1 saturated heterocycles. The van der Waals surface area contributed by atoms with Crippen LogP contribution in [0.5, 0.6) is 0 Å². The van der Waals surface area contributed by atoms with E-state index in [1.54, 1.807) is 46.6 Å². The highest BCUT2D eigenvalue weighted by molar-refractivity contribution is 6.44. The molecule has 1 N–H and O–H groups in total. The van der Waals surface area contributed by atoms with Crippen LogP contribution in [-0.4, -0.2) is 63.0 Å². The van der Waals surface area contributed by atoms with Crippen molar-refractivity contribution in [3.05, 3.63) is 66.1 Å². The fourth-order valence-electron chi connectivity index (χ4n) is 3.61. The molecule has 1 aliphatic rings. The molecule has 2 aromatic heterocycles. The molecule has 1 fully saturated rings. The number of pyridine rings is 1. The molecule has 3 heterocycles. The first-order chi connectivity index (χ1) is 13.6. The van der Waals surface area contributed by atoms with E-state index in [-0.39, 0.29) is 11.9 Å². The van der Waals surface area contributed by atoms with Gasteiger partial charge in [-0.25, -0.2) is 0 Å². The second-order valence-electron chi connectivity index (χ2n) is 6.92. The van der Waals surface area contributed by atoms with Gasteiger partial charge in [-0.3, -0.25) is 19.4 Å². The standard InChI is InChI=1S/C21H20N4O3/c1-14-13-24(20(27)15-5-3-2-4-6-15)9-10-25(14)21(28)19(26)17-11-23-18-12-22-8-7-16(17)18/h2-8,11-12,14,23H,9-10,13H2,1H3/t14-/m0/s1. The van der Waals surface area contributed by atoms with Gasteiger partial charge in [0, 0.05) is 49.0 Å². The van der Waals surface area contributed by atoms with Crippen molar-refractivity contribution in [3.63, 3.8) is 0 Å². The highest BCUT2D eigenvalue weighted by atomic mass is 16.2. The summed E-state index contributed by atoms with van der Waals surface area (Å²) in [6.45, 7) is 2.97. The number of hydrogen-bond acceptors (Lipinski definition) is 4. The maximum absolute atomic E-state index is 12.8. The van der Waals surface area contributed by atoms with Gasteiger partial charge in [-0.1, -0.05) is 18.2 Å². The molecule has 1 atom stereocenters. The van der Waals surface area contributed by atoms with Crippen molar-refractivity contribution in [1.29, 1.82) is 0 Å². The van der Waals surface area contributed by atoms with E-state index in [1.165, 1.54) is 0 Å². The van der Waals surface area contributed by atoms with Gasteiger partial charge in [-0.15, -0.1) is 0 Å². The number of nitrogens with one attached hydrogen (secondary N) is 1. The lowest BCUT2D eigenvalue weighted by Crippen LogP contribution is -2.56. The molecule has 0 spiro atoms. The maximum atomic E-state index is 12.8. The summed E-state index contributed by atoms with van der Waals surface area (Å²) in [5, 5.41) is 0.680. The monoisotopic (exact) mass is 376 g/mol. The molecular weight excluding hydrogens is 356 g/mol. The number of H-pyrrole nitrogens is 1. The minimum Gasteiger partial charge on any atom is -0.359 e. The highest BCUT2D eigenvalue weighted by Gasteiger charge is 2.34. The van der Waals surface area contributed by atoms with Crippen LogP contribution in [0.25, 0.3) is 10.9 Å². The molecule has 142 valence electrons. The Morgan fingerprint density at radius 3 is 2.64 bits per heavy atom. The van der Waals surface area contributed by atoms with E-state index in [0.29, 0.717) is 41.7 Å². The van der Waals surface area contributed by atoms with Gasteiger partial charge in [0.05, 0.1) is 17.3 Å². The largest absolute Gasteiger partial charge is 0.359 e. The lowest BCUT2D eigenvalue weighted by Gasteiger charge is -2.39. The third-order valence-corrected chi connectivity index (χ3v) is 5.12. The zero-order valence-electron chi connectivity index (χ0n) is 15.5. The molecule has 0 unspecified atom stereocenters. The Morgan fingerprint density at radius 1 is 1.11 bits per heavy atom. The summed E-state index contributed by atoms with van der Waals surface area (Å²) in [4.78, 5) is 48.5. The van der Waals surface area contributed by atoms with E-state index >= 15 is 0 Å². The summed E-state index contributed by atoms with van der Waals surface area (Å²) < 4.78 is 0. The van der Waals surface area contributed by atoms with Gasteiger partial charge in [0.1, 0.15) is 0 Å². The number of benzene rings is 1. The van der Waals surface area contributed by atoms with Crippen molar-refractivity contribution in [2.45, 2.75) is 13.0 Å². The van der Waals surface area contributed by atoms with E-state index in [4.69, 9.17) is 0 Å². The lowest BCUT2D eigenvalue weighted by atomic mass is 10.1. The van der Waals surface area contributed by atoms with Crippen molar-refractivity contribution >= 4 is 28.5 Å². The number of ketones is 1. The molecule has 3 aromatic rings. The maximum Gasteiger partial charge on any atom is 0.295 e. The quantitative estimate of drug-likeness (QED) is 0.560. The first-order valence-corrected chi connectivity index (χ1v) is 9.17. The van der Waals surface area contributed by atoms with Gasteiger partial charge in [0.25, 0.3) is 17.6 Å². The molecule has 2 amide bonds. The van der Waals surface area contributed by atoms with E-state index in [9.17, 15) is 14.4 Å². The van der Waals surface area contributed by atoms with Crippen molar-refractivity contribution in [2.75, 3.05) is 19.6 Å². The molecule has 1 aromatic carbocycles. The van der Waals surface area contributed by atoms with Crippen LogP contribution in [0.1, 0.15) is 27.6 Å². The zero-order chi connectivity index (χ0) is 19.7. The number of piperazine rings is 1. The number of aromatic nitrogens is 2. The van der Waals surface area contributed by atoms with Crippen molar-refractivity contribution in [3.8, 4) is 0 Å². The number of aromatic amines is 1. The minimum absolute atomic E-state index is 0.0602. The van der Waals surface area contributed by atoms with Gasteiger partial charge in [-0.2, -0.15) is 0 Å². The first kappa shape index (κ1) is 17.9. The van der Waals surface area contributed by atoms with Crippen LogP contribution in [0.3, 0.4) is 0 Å². The molecule has 0 aliphatic carbocycles. The van der Waals surface area contributed by atoms with Crippen molar-refractivity contribution < 1.29 is 14.4 Å². The summed E-state index contributed by atoms with van der Waals surface area (Å²) in [6.07, 6.45) is 4.76. The van der Waals surface area contributed by atoms with E-state index < -0.39 is 11.7 Å². The Bertz CT molecular complexity index is 1040. The fraction of sp³-hybridized carbons (Fsp3) is 0.238. The lowest BCUT2D eigenvalue weighted by molar-refractivity contribution is -0.130. The van der Waals surface area contributed by atoms with Crippen molar-refractivity contribution in [2.24, 2.45) is 0 Å². The van der Waals surface area contributed by atoms with Crippen LogP contribution in [-0.2, 0) is 4.79 Å². The number of carbonyl (C=O) groups is 3. The molecule has 7 heteroatoms. The van der Waals surface area contributed by atoms with Crippen LogP contribution in [0, 0.1) is 0 Å². The summed E-state index contributed by atoms with van der Waals surface area (Å²) in [5.41, 5.74) is 1.68. The van der Waals surface area contributed by atoms with E-state index in [1.807, 2.05) is 25.1 Å². The van der Waals surface area contributed by atoms with Gasteiger partial charge >= 0.3 is 0 Å². The number of carbonyl (C=O) groups excluding carboxylic acids is 3. The fourth-order valence-corrected chi connectivity index (χ4v) is 3.61. The molecule has 28 heavy (non-hydrogen) atoms. The van der Waals surface area contributed by atoms with Gasteiger partial charge in [0.2, 0.25) is 0 Å². The third kappa shape index (κ3) is 3.15. The Labute approximate surface area is 162 Å². The number of rotatable bonds is 3. The Balaban J connectivity index is 1.48. The Hall–Kier alpha value is -3.48. The second-order valence-corrected chi connectivity index (χ2v) is 6.92. The molecular formula is C21H20N4O3. The SMILES string of the molecule is C[C@H]1CN(C(=O)c2ccccc2)CCN1C(=O)C(=O)c1c[nH]c2cnccc12. The number of Topliss-reactive ketones (excluding diaryl/α,β-unsaturated/α-hetero) is 1. The molecule has 1 aliphatic heterocycles. The van der Waals surface area contributed by atoms with E-state index in [0.717, 1.165) is 0 Å². The van der Waals surface area contributed by atoms with Crippen LogP contribution < -0.4 is 0 Å². The second kappa shape index (κ2) is 7.26. The van der Waals surface area contributed by atoms with Crippen molar-refractivity contribution in [1.82, 2.24) is 19.8 Å². The summed E-state index contributed by atoms with van der Waals surface area (Å²) >= 11 is 0. The highest BCUT2D eigenvalue weighted by Crippen LogP contribution is 2.20. The summed E-state index contributed by atoms with van der Waals surface area (Å²) in [5.74, 6) is -1.15. The predicted molar refractivity (Wildman–Crippen MR) is 104 cm³/mol. The molecule has 4 rings (SSSR count). The van der Waals surface area contributed by atoms with Gasteiger partial charge in [0.15, 0.2) is 0 Å². The number of fused-ring (bicyclic) bond motifs is 1. The average molecular weight is 376 g/mol. The number of amides is 2. The molecule has 7 nitrogen and oxygen atoms in total. The molecule has 0 radical (unpaired) electrons. The zero-order valence-corrected chi connectivity index (χ0v) is 15.5. The summed E-state index contributed by atoms with van der Waals surface area (Å²) in [7, 11) is 0. The number of nitrogens with zero attached hydrogens (tertiary/aromatic N) is 3. The van der Waals surface area contributed by atoms with Gasteiger partial charge < -0.3 is 14.8 Å². The topological polar surface area (TPSA) is 86.4 Å². The van der Waals surface area contributed by atoms with Crippen LogP contribution in [0.2, 0.25) is 0 Å². The predicted octanol–water partition coefficient (Wildman–Crippen LogP) is 2.12. The van der Waals surface area contributed by atoms with Crippen LogP contribution >= 0.6 is 0 Å². The van der Waals surface area contributed by atoms with Crippen LogP contribution in [0.15, 0.2) is 55.0 Å².